The molecule has 1 aromatic heterocycles. The van der Waals surface area contributed by atoms with Gasteiger partial charge in [0.25, 0.3) is 11.6 Å². The second kappa shape index (κ2) is 8.57. The van der Waals surface area contributed by atoms with Crippen LogP contribution in [0.1, 0.15) is 36.7 Å². The summed E-state index contributed by atoms with van der Waals surface area (Å²) in [7, 11) is 0. The summed E-state index contributed by atoms with van der Waals surface area (Å²) in [6, 6.07) is 6.15. The molecule has 2 aromatic rings. The van der Waals surface area contributed by atoms with Gasteiger partial charge in [0.2, 0.25) is 0 Å². The van der Waals surface area contributed by atoms with Gasteiger partial charge in [0, 0.05) is 41.7 Å². The van der Waals surface area contributed by atoms with Crippen LogP contribution in [0.25, 0.3) is 10.6 Å². The Morgan fingerprint density at radius 3 is 2.69 bits per heavy atom. The van der Waals surface area contributed by atoms with E-state index in [4.69, 9.17) is 5.73 Å². The maximum Gasteiger partial charge on any atom is 0.273 e. The van der Waals surface area contributed by atoms with Crippen LogP contribution in [0.5, 0.6) is 0 Å². The number of aromatic nitrogens is 1. The molecule has 1 fully saturated rings. The second-order valence-electron chi connectivity index (χ2n) is 6.26. The summed E-state index contributed by atoms with van der Waals surface area (Å²) in [4.78, 5) is 29.4. The highest BCUT2D eigenvalue weighted by molar-refractivity contribution is 7.13. The summed E-state index contributed by atoms with van der Waals surface area (Å²) in [5.41, 5.74) is 7.24. The quantitative estimate of drug-likeness (QED) is 0.629. The van der Waals surface area contributed by atoms with Gasteiger partial charge in [0.15, 0.2) is 0 Å². The number of non-ortho nitro benzene ring substituents is 1. The second-order valence-corrected chi connectivity index (χ2v) is 7.12. The number of piperidine rings is 1. The van der Waals surface area contributed by atoms with E-state index in [1.54, 1.807) is 17.5 Å². The number of amides is 1. The van der Waals surface area contributed by atoms with Crippen molar-refractivity contribution in [2.24, 2.45) is 5.73 Å². The number of hydrogen-bond acceptors (Lipinski definition) is 6. The monoisotopic (exact) mass is 396 g/mol. The Morgan fingerprint density at radius 2 is 2.08 bits per heavy atom. The molecule has 140 valence electrons. The molecule has 1 aliphatic heterocycles. The van der Waals surface area contributed by atoms with Gasteiger partial charge in [-0.25, -0.2) is 4.98 Å². The number of likely N-dealkylation sites (tertiary alicyclic amines) is 1. The van der Waals surface area contributed by atoms with Crippen molar-refractivity contribution < 1.29 is 9.72 Å². The van der Waals surface area contributed by atoms with E-state index in [-0.39, 0.29) is 36.1 Å². The summed E-state index contributed by atoms with van der Waals surface area (Å²) in [6.45, 7) is 2.63. The fourth-order valence-corrected chi connectivity index (χ4v) is 3.93. The van der Waals surface area contributed by atoms with Crippen LogP contribution in [0.2, 0.25) is 0 Å². The highest BCUT2D eigenvalue weighted by Gasteiger charge is 2.31. The van der Waals surface area contributed by atoms with Gasteiger partial charge in [0.05, 0.1) is 4.92 Å². The number of halogens is 1. The van der Waals surface area contributed by atoms with E-state index in [2.05, 4.69) is 4.98 Å². The van der Waals surface area contributed by atoms with Crippen LogP contribution in [0.4, 0.5) is 5.69 Å². The third kappa shape index (κ3) is 4.20. The first-order valence-electron chi connectivity index (χ1n) is 8.24. The number of thiazole rings is 1. The van der Waals surface area contributed by atoms with Crippen LogP contribution in [0, 0.1) is 10.1 Å². The molecule has 0 radical (unpaired) electrons. The molecule has 1 amide bonds. The Hall–Kier alpha value is -2.03. The molecule has 9 heteroatoms. The summed E-state index contributed by atoms with van der Waals surface area (Å²) in [5, 5.41) is 13.2. The Morgan fingerprint density at radius 1 is 1.38 bits per heavy atom. The van der Waals surface area contributed by atoms with Crippen molar-refractivity contribution in [3.63, 3.8) is 0 Å². The first kappa shape index (κ1) is 20.3. The van der Waals surface area contributed by atoms with Gasteiger partial charge in [-0.3, -0.25) is 14.9 Å². The normalized spacial score (nSPS) is 18.1. The smallest absolute Gasteiger partial charge is 0.273 e. The standard InChI is InChI=1S/C17H20N4O3S.ClH/c1-11(18)15-4-2-3-9-20(15)17(22)14-10-25-16(19-14)12-5-7-13(8-6-12)21(23)24;/h5-8,10-11,15H,2-4,9,18H2,1H3;1H. The lowest BCUT2D eigenvalue weighted by Gasteiger charge is -2.37. The SMILES string of the molecule is CC(N)C1CCCCN1C(=O)c1csc(-c2ccc([N+](=O)[O-])cc2)n1.Cl. The van der Waals surface area contributed by atoms with E-state index in [1.165, 1.54) is 23.5 Å². The number of carbonyl (C=O) groups is 1. The predicted molar refractivity (Wildman–Crippen MR) is 104 cm³/mol. The van der Waals surface area contributed by atoms with Crippen LogP contribution in [-0.2, 0) is 0 Å². The third-order valence-electron chi connectivity index (χ3n) is 4.47. The average molecular weight is 397 g/mol. The zero-order valence-electron chi connectivity index (χ0n) is 14.3. The Labute approximate surface area is 161 Å². The lowest BCUT2D eigenvalue weighted by atomic mass is 9.96. The maximum absolute atomic E-state index is 12.8. The van der Waals surface area contributed by atoms with E-state index in [0.717, 1.165) is 24.8 Å². The zero-order valence-corrected chi connectivity index (χ0v) is 16.0. The average Bonchev–Trinajstić information content (AvgIpc) is 3.11. The summed E-state index contributed by atoms with van der Waals surface area (Å²) < 4.78 is 0. The van der Waals surface area contributed by atoms with Crippen molar-refractivity contribution >= 4 is 35.3 Å². The zero-order chi connectivity index (χ0) is 18.0. The highest BCUT2D eigenvalue weighted by Crippen LogP contribution is 2.27. The molecular weight excluding hydrogens is 376 g/mol. The number of carbonyl (C=O) groups excluding carboxylic acids is 1. The van der Waals surface area contributed by atoms with Gasteiger partial charge in [-0.2, -0.15) is 0 Å². The lowest BCUT2D eigenvalue weighted by Crippen LogP contribution is -2.51. The Bertz CT molecular complexity index is 779. The number of benzene rings is 1. The van der Waals surface area contributed by atoms with Crippen molar-refractivity contribution in [3.05, 3.63) is 45.5 Å². The van der Waals surface area contributed by atoms with Crippen molar-refractivity contribution in [1.29, 1.82) is 0 Å². The van der Waals surface area contributed by atoms with Gasteiger partial charge in [-0.05, 0) is 38.3 Å². The first-order valence-corrected chi connectivity index (χ1v) is 9.12. The third-order valence-corrected chi connectivity index (χ3v) is 5.36. The number of nitro benzene ring substituents is 1. The summed E-state index contributed by atoms with van der Waals surface area (Å²) >= 11 is 1.36. The predicted octanol–water partition coefficient (Wildman–Crippen LogP) is 3.48. The molecule has 0 spiro atoms. The molecule has 2 N–H and O–H groups in total. The van der Waals surface area contributed by atoms with E-state index in [1.807, 2.05) is 11.8 Å². The molecule has 1 saturated heterocycles. The molecule has 1 aromatic carbocycles. The fraction of sp³-hybridized carbons (Fsp3) is 0.412. The molecule has 0 bridgehead atoms. The van der Waals surface area contributed by atoms with Crippen molar-refractivity contribution in [3.8, 4) is 10.6 Å². The molecule has 26 heavy (non-hydrogen) atoms. The number of hydrogen-bond donors (Lipinski definition) is 1. The largest absolute Gasteiger partial charge is 0.333 e. The maximum atomic E-state index is 12.8. The molecular formula is C17H21ClN4O3S. The molecule has 2 heterocycles. The molecule has 3 rings (SSSR count). The van der Waals surface area contributed by atoms with E-state index < -0.39 is 4.92 Å². The first-order chi connectivity index (χ1) is 12.0. The van der Waals surface area contributed by atoms with Crippen molar-refractivity contribution in [2.75, 3.05) is 6.54 Å². The number of rotatable bonds is 4. The van der Waals surface area contributed by atoms with Crippen LogP contribution >= 0.6 is 23.7 Å². The molecule has 2 atom stereocenters. The lowest BCUT2D eigenvalue weighted by molar-refractivity contribution is -0.384. The van der Waals surface area contributed by atoms with Gasteiger partial charge in [-0.1, -0.05) is 0 Å². The molecule has 0 aliphatic carbocycles. The van der Waals surface area contributed by atoms with Gasteiger partial charge >= 0.3 is 0 Å². The van der Waals surface area contributed by atoms with Crippen LogP contribution in [0.15, 0.2) is 29.6 Å². The van der Waals surface area contributed by atoms with Gasteiger partial charge in [0.1, 0.15) is 10.7 Å². The number of nitrogens with two attached hydrogens (primary N) is 1. The minimum Gasteiger partial charge on any atom is -0.333 e. The Kier molecular flexibility index (Phi) is 6.69. The van der Waals surface area contributed by atoms with Crippen molar-refractivity contribution in [2.45, 2.75) is 38.3 Å². The van der Waals surface area contributed by atoms with Crippen LogP contribution in [-0.4, -0.2) is 39.3 Å². The summed E-state index contributed by atoms with van der Waals surface area (Å²) in [5.74, 6) is -0.0913. The van der Waals surface area contributed by atoms with Gasteiger partial charge < -0.3 is 10.6 Å². The molecule has 1 aliphatic rings. The number of nitro groups is 1. The minimum atomic E-state index is -0.439. The molecule has 7 nitrogen and oxygen atoms in total. The van der Waals surface area contributed by atoms with Crippen LogP contribution in [0.3, 0.4) is 0 Å². The Balaban J connectivity index is 0.00000243. The van der Waals surface area contributed by atoms with Crippen molar-refractivity contribution in [1.82, 2.24) is 9.88 Å². The van der Waals surface area contributed by atoms with E-state index >= 15 is 0 Å². The number of nitrogens with zero attached hydrogens (tertiary/aromatic N) is 3. The van der Waals surface area contributed by atoms with Crippen LogP contribution < -0.4 is 5.73 Å². The minimum absolute atomic E-state index is 0. The van der Waals surface area contributed by atoms with E-state index in [0.29, 0.717) is 17.2 Å². The molecule has 2 unspecified atom stereocenters. The van der Waals surface area contributed by atoms with Gasteiger partial charge in [-0.15, -0.1) is 23.7 Å². The topological polar surface area (TPSA) is 102 Å². The molecule has 0 saturated carbocycles. The highest BCUT2D eigenvalue weighted by atomic mass is 35.5. The fourth-order valence-electron chi connectivity index (χ4n) is 3.13. The van der Waals surface area contributed by atoms with E-state index in [9.17, 15) is 14.9 Å². The summed E-state index contributed by atoms with van der Waals surface area (Å²) in [6.07, 6.45) is 2.98.